The Morgan fingerprint density at radius 2 is 2.22 bits per heavy atom. The molecule has 0 bridgehead atoms. The Balaban J connectivity index is 1.91. The Morgan fingerprint density at radius 1 is 1.56 bits per heavy atom. The molecule has 0 unspecified atom stereocenters. The van der Waals surface area contributed by atoms with Crippen molar-refractivity contribution in [3.8, 4) is 0 Å². The predicted molar refractivity (Wildman–Crippen MR) is 69.6 cm³/mol. The maximum atomic E-state index is 10.8. The Kier molecular flexibility index (Phi) is 3.55. The van der Waals surface area contributed by atoms with Crippen LogP contribution in [0.3, 0.4) is 0 Å². The van der Waals surface area contributed by atoms with Gasteiger partial charge in [0.15, 0.2) is 0 Å². The van der Waals surface area contributed by atoms with Crippen molar-refractivity contribution in [2.45, 2.75) is 25.8 Å². The molecule has 2 heterocycles. The van der Waals surface area contributed by atoms with Crippen LogP contribution in [0.4, 0.5) is 16.3 Å². The molecule has 1 aliphatic heterocycles. The van der Waals surface area contributed by atoms with E-state index in [4.69, 9.17) is 10.8 Å². The molecule has 1 aliphatic rings. The van der Waals surface area contributed by atoms with Crippen molar-refractivity contribution in [1.29, 1.82) is 0 Å². The number of anilines is 2. The fourth-order valence-corrected chi connectivity index (χ4v) is 2.12. The molecule has 0 radical (unpaired) electrons. The van der Waals surface area contributed by atoms with Crippen LogP contribution in [-0.2, 0) is 0 Å². The van der Waals surface area contributed by atoms with Gasteiger partial charge in [0.05, 0.1) is 11.9 Å². The van der Waals surface area contributed by atoms with E-state index < -0.39 is 6.09 Å². The number of nitrogens with two attached hydrogens (primary N) is 1. The Bertz CT molecular complexity index is 442. The van der Waals surface area contributed by atoms with Gasteiger partial charge in [-0.2, -0.15) is 0 Å². The van der Waals surface area contributed by atoms with E-state index in [1.54, 1.807) is 6.20 Å². The zero-order valence-corrected chi connectivity index (χ0v) is 10.4. The number of hydrogen-bond donors (Lipinski definition) is 3. The molecular weight excluding hydrogens is 232 g/mol. The Labute approximate surface area is 106 Å². The third kappa shape index (κ3) is 2.82. The van der Waals surface area contributed by atoms with Gasteiger partial charge in [-0.25, -0.2) is 9.78 Å². The molecule has 1 amide bonds. The first-order chi connectivity index (χ1) is 8.56. The minimum atomic E-state index is -0.835. The van der Waals surface area contributed by atoms with Crippen molar-refractivity contribution in [1.82, 2.24) is 9.88 Å². The largest absolute Gasteiger partial charge is 0.465 e. The second-order valence-electron chi connectivity index (χ2n) is 4.61. The van der Waals surface area contributed by atoms with Crippen molar-refractivity contribution in [3.63, 3.8) is 0 Å². The SMILES string of the molecule is Cc1cc(NC2CCN(C(=O)O)CC2)cnc1N. The molecule has 98 valence electrons. The molecule has 0 aromatic carbocycles. The average Bonchev–Trinajstić information content (AvgIpc) is 2.34. The van der Waals surface area contributed by atoms with Crippen LogP contribution in [0.2, 0.25) is 0 Å². The monoisotopic (exact) mass is 250 g/mol. The number of carboxylic acid groups (broad SMARTS) is 1. The number of piperidine rings is 1. The van der Waals surface area contributed by atoms with Crippen molar-refractivity contribution in [2.24, 2.45) is 0 Å². The predicted octanol–water partition coefficient (Wildman–Crippen LogP) is 1.53. The number of carbonyl (C=O) groups is 1. The lowest BCUT2D eigenvalue weighted by Crippen LogP contribution is -2.41. The van der Waals surface area contributed by atoms with Gasteiger partial charge in [0.2, 0.25) is 0 Å². The molecule has 1 aromatic rings. The lowest BCUT2D eigenvalue weighted by atomic mass is 10.1. The quantitative estimate of drug-likeness (QED) is 0.740. The molecule has 4 N–H and O–H groups in total. The highest BCUT2D eigenvalue weighted by Gasteiger charge is 2.22. The Hall–Kier alpha value is -1.98. The van der Waals surface area contributed by atoms with E-state index in [1.165, 1.54) is 4.90 Å². The van der Waals surface area contributed by atoms with Crippen LogP contribution in [0.25, 0.3) is 0 Å². The number of aromatic nitrogens is 1. The fourth-order valence-electron chi connectivity index (χ4n) is 2.12. The van der Waals surface area contributed by atoms with Crippen LogP contribution >= 0.6 is 0 Å². The molecular formula is C12H18N4O2. The van der Waals surface area contributed by atoms with Crippen molar-refractivity contribution in [3.05, 3.63) is 17.8 Å². The number of rotatable bonds is 2. The normalized spacial score (nSPS) is 16.6. The molecule has 0 saturated carbocycles. The van der Waals surface area contributed by atoms with E-state index in [9.17, 15) is 4.79 Å². The van der Waals surface area contributed by atoms with E-state index in [0.29, 0.717) is 24.9 Å². The molecule has 1 aromatic heterocycles. The fraction of sp³-hybridized carbons (Fsp3) is 0.500. The van der Waals surface area contributed by atoms with Gasteiger partial charge in [0.1, 0.15) is 5.82 Å². The smallest absolute Gasteiger partial charge is 0.407 e. The van der Waals surface area contributed by atoms with Crippen molar-refractivity contribution < 1.29 is 9.90 Å². The topological polar surface area (TPSA) is 91.5 Å². The number of nitrogen functional groups attached to an aromatic ring is 1. The van der Waals surface area contributed by atoms with Crippen molar-refractivity contribution >= 4 is 17.6 Å². The van der Waals surface area contributed by atoms with Crippen LogP contribution in [0.15, 0.2) is 12.3 Å². The van der Waals surface area contributed by atoms with E-state index in [-0.39, 0.29) is 0 Å². The van der Waals surface area contributed by atoms with Crippen LogP contribution in [-0.4, -0.2) is 40.2 Å². The third-order valence-electron chi connectivity index (χ3n) is 3.26. The van der Waals surface area contributed by atoms with E-state index >= 15 is 0 Å². The summed E-state index contributed by atoms with van der Waals surface area (Å²) in [6, 6.07) is 2.26. The average molecular weight is 250 g/mol. The van der Waals surface area contributed by atoms with E-state index in [0.717, 1.165) is 24.1 Å². The summed E-state index contributed by atoms with van der Waals surface area (Å²) >= 11 is 0. The van der Waals surface area contributed by atoms with Gasteiger partial charge in [-0.3, -0.25) is 0 Å². The van der Waals surface area contributed by atoms with Gasteiger partial charge in [-0.15, -0.1) is 0 Å². The second kappa shape index (κ2) is 5.12. The molecule has 0 spiro atoms. The summed E-state index contributed by atoms with van der Waals surface area (Å²) in [4.78, 5) is 16.3. The summed E-state index contributed by atoms with van der Waals surface area (Å²) in [5, 5.41) is 12.2. The summed E-state index contributed by atoms with van der Waals surface area (Å²) < 4.78 is 0. The molecule has 18 heavy (non-hydrogen) atoms. The first-order valence-corrected chi connectivity index (χ1v) is 6.03. The number of hydrogen-bond acceptors (Lipinski definition) is 4. The van der Waals surface area contributed by atoms with E-state index in [1.807, 2.05) is 13.0 Å². The van der Waals surface area contributed by atoms with Crippen LogP contribution in [0, 0.1) is 6.92 Å². The zero-order chi connectivity index (χ0) is 13.1. The molecule has 6 heteroatoms. The highest BCUT2D eigenvalue weighted by molar-refractivity contribution is 5.65. The second-order valence-corrected chi connectivity index (χ2v) is 4.61. The minimum Gasteiger partial charge on any atom is -0.465 e. The number of amides is 1. The van der Waals surface area contributed by atoms with Crippen LogP contribution in [0.1, 0.15) is 18.4 Å². The molecule has 2 rings (SSSR count). The first-order valence-electron chi connectivity index (χ1n) is 6.03. The number of aryl methyl sites for hydroxylation is 1. The minimum absolute atomic E-state index is 0.297. The Morgan fingerprint density at radius 3 is 2.78 bits per heavy atom. The van der Waals surface area contributed by atoms with Gasteiger partial charge in [-0.05, 0) is 31.4 Å². The summed E-state index contributed by atoms with van der Waals surface area (Å²) in [6.07, 6.45) is 2.51. The molecule has 0 atom stereocenters. The maximum Gasteiger partial charge on any atom is 0.407 e. The standard InChI is InChI=1S/C12H18N4O2/c1-8-6-10(7-14-11(8)13)15-9-2-4-16(5-3-9)12(17)18/h6-7,9,15H,2-5H2,1H3,(H2,13,14)(H,17,18). The molecule has 1 fully saturated rings. The lowest BCUT2D eigenvalue weighted by Gasteiger charge is -2.31. The summed E-state index contributed by atoms with van der Waals surface area (Å²) in [6.45, 7) is 3.07. The van der Waals surface area contributed by atoms with Gasteiger partial charge in [0, 0.05) is 19.1 Å². The van der Waals surface area contributed by atoms with Crippen molar-refractivity contribution in [2.75, 3.05) is 24.1 Å². The highest BCUT2D eigenvalue weighted by Crippen LogP contribution is 2.18. The van der Waals surface area contributed by atoms with Gasteiger partial charge >= 0.3 is 6.09 Å². The molecule has 6 nitrogen and oxygen atoms in total. The summed E-state index contributed by atoms with van der Waals surface area (Å²) in [7, 11) is 0. The third-order valence-corrected chi connectivity index (χ3v) is 3.26. The molecule has 1 saturated heterocycles. The van der Waals surface area contributed by atoms with Gasteiger partial charge in [0.25, 0.3) is 0 Å². The maximum absolute atomic E-state index is 10.8. The summed E-state index contributed by atoms with van der Waals surface area (Å²) in [5.41, 5.74) is 7.55. The first kappa shape index (κ1) is 12.5. The zero-order valence-electron chi connectivity index (χ0n) is 10.4. The molecule has 0 aliphatic carbocycles. The highest BCUT2D eigenvalue weighted by atomic mass is 16.4. The van der Waals surface area contributed by atoms with E-state index in [2.05, 4.69) is 10.3 Å². The number of nitrogens with zero attached hydrogens (tertiary/aromatic N) is 2. The number of nitrogens with one attached hydrogen (secondary N) is 1. The van der Waals surface area contributed by atoms with Crippen LogP contribution < -0.4 is 11.1 Å². The number of pyridine rings is 1. The summed E-state index contributed by atoms with van der Waals surface area (Å²) in [5.74, 6) is 0.543. The lowest BCUT2D eigenvalue weighted by molar-refractivity contribution is 0.134. The number of likely N-dealkylation sites (tertiary alicyclic amines) is 1. The van der Waals surface area contributed by atoms with Gasteiger partial charge in [-0.1, -0.05) is 0 Å². The van der Waals surface area contributed by atoms with Gasteiger partial charge < -0.3 is 21.1 Å². The van der Waals surface area contributed by atoms with Crippen LogP contribution in [0.5, 0.6) is 0 Å².